The molecule has 1 N–H and O–H groups in total. The van der Waals surface area contributed by atoms with Gasteiger partial charge >= 0.3 is 5.97 Å². The normalized spacial score (nSPS) is 11.5. The third kappa shape index (κ3) is 5.81. The number of thioether (sulfide) groups is 1. The van der Waals surface area contributed by atoms with Crippen LogP contribution in [0.15, 0.2) is 54.6 Å². The second kappa shape index (κ2) is 10.5. The Bertz CT molecular complexity index is 721. The van der Waals surface area contributed by atoms with Crippen LogP contribution in [0.4, 0.5) is 0 Å². The molecule has 1 atom stereocenters. The molecule has 0 aromatic heterocycles. The van der Waals surface area contributed by atoms with Crippen LogP contribution in [0.2, 0.25) is 0 Å². The zero-order valence-electron chi connectivity index (χ0n) is 14.9. The van der Waals surface area contributed by atoms with Gasteiger partial charge in [0, 0.05) is 0 Å². The van der Waals surface area contributed by atoms with Crippen molar-refractivity contribution in [3.63, 3.8) is 0 Å². The Balaban J connectivity index is 2.03. The van der Waals surface area contributed by atoms with Crippen LogP contribution in [0.3, 0.4) is 0 Å². The molecule has 0 aliphatic rings. The van der Waals surface area contributed by atoms with Gasteiger partial charge in [0.05, 0.1) is 12.7 Å². The van der Waals surface area contributed by atoms with Gasteiger partial charge in [-0.25, -0.2) is 4.79 Å². The molecule has 6 heteroatoms. The largest absolute Gasteiger partial charge is 0.496 e. The highest BCUT2D eigenvalue weighted by Gasteiger charge is 2.24. The monoisotopic (exact) mass is 373 g/mol. The fraction of sp³-hybridized carbons (Fsp3) is 0.300. The molecular formula is C20H23NO4S. The summed E-state index contributed by atoms with van der Waals surface area (Å²) in [6.07, 6.45) is 2.45. The Hall–Kier alpha value is -2.47. The molecule has 138 valence electrons. The Morgan fingerprint density at radius 2 is 1.77 bits per heavy atom. The summed E-state index contributed by atoms with van der Waals surface area (Å²) in [7, 11) is 1.51. The Kier molecular flexibility index (Phi) is 8.02. The molecule has 2 aromatic rings. The van der Waals surface area contributed by atoms with Crippen molar-refractivity contribution in [3.05, 3.63) is 65.7 Å². The van der Waals surface area contributed by atoms with Gasteiger partial charge in [0.25, 0.3) is 5.91 Å². The maximum Gasteiger partial charge on any atom is 0.329 e. The van der Waals surface area contributed by atoms with Crippen molar-refractivity contribution in [1.29, 1.82) is 0 Å². The SMILES string of the molecule is COc1ccccc1C(=O)N[C@H](CCSC)C(=O)OCc1ccccc1. The van der Waals surface area contributed by atoms with Crippen molar-refractivity contribution in [1.82, 2.24) is 5.32 Å². The van der Waals surface area contributed by atoms with Crippen LogP contribution in [-0.4, -0.2) is 37.0 Å². The van der Waals surface area contributed by atoms with Crippen molar-refractivity contribution < 1.29 is 19.1 Å². The number of carbonyl (C=O) groups is 2. The Morgan fingerprint density at radius 3 is 2.46 bits per heavy atom. The smallest absolute Gasteiger partial charge is 0.329 e. The number of methoxy groups -OCH3 is 1. The number of ether oxygens (including phenoxy) is 2. The molecule has 0 unspecified atom stereocenters. The minimum atomic E-state index is -0.705. The second-order valence-electron chi connectivity index (χ2n) is 5.60. The highest BCUT2D eigenvalue weighted by Crippen LogP contribution is 2.17. The maximum atomic E-state index is 12.6. The molecule has 0 bridgehead atoms. The minimum Gasteiger partial charge on any atom is -0.496 e. The van der Waals surface area contributed by atoms with E-state index in [4.69, 9.17) is 9.47 Å². The lowest BCUT2D eigenvalue weighted by molar-refractivity contribution is -0.147. The molecule has 0 fully saturated rings. The first-order chi connectivity index (χ1) is 12.7. The van der Waals surface area contributed by atoms with Gasteiger partial charge in [-0.1, -0.05) is 42.5 Å². The lowest BCUT2D eigenvalue weighted by Gasteiger charge is -2.18. The van der Waals surface area contributed by atoms with Crippen molar-refractivity contribution >= 4 is 23.6 Å². The van der Waals surface area contributed by atoms with Crippen LogP contribution in [-0.2, 0) is 16.1 Å². The summed E-state index contributed by atoms with van der Waals surface area (Å²) in [5, 5.41) is 2.77. The molecule has 1 amide bonds. The first-order valence-corrected chi connectivity index (χ1v) is 9.68. The van der Waals surface area contributed by atoms with Crippen molar-refractivity contribution in [3.8, 4) is 5.75 Å². The van der Waals surface area contributed by atoms with E-state index in [2.05, 4.69) is 5.32 Å². The molecule has 0 aliphatic heterocycles. The quantitative estimate of drug-likeness (QED) is 0.684. The molecule has 0 aliphatic carbocycles. The lowest BCUT2D eigenvalue weighted by atomic mass is 10.1. The van der Waals surface area contributed by atoms with E-state index < -0.39 is 12.0 Å². The summed E-state index contributed by atoms with van der Waals surface area (Å²) in [6.45, 7) is 0.181. The van der Waals surface area contributed by atoms with Gasteiger partial charge in [-0.05, 0) is 36.1 Å². The van der Waals surface area contributed by atoms with Gasteiger partial charge in [-0.15, -0.1) is 0 Å². The number of hydrogen-bond acceptors (Lipinski definition) is 5. The predicted octanol–water partition coefficient (Wildman–Crippen LogP) is 3.29. The molecule has 5 nitrogen and oxygen atoms in total. The summed E-state index contributed by atoms with van der Waals surface area (Å²) in [5.74, 6) is 0.403. The van der Waals surface area contributed by atoms with E-state index in [1.54, 1.807) is 36.0 Å². The van der Waals surface area contributed by atoms with E-state index in [1.807, 2.05) is 36.6 Å². The van der Waals surface area contributed by atoms with Gasteiger partial charge in [0.2, 0.25) is 0 Å². The highest BCUT2D eigenvalue weighted by molar-refractivity contribution is 7.98. The minimum absolute atomic E-state index is 0.181. The summed E-state index contributed by atoms with van der Waals surface area (Å²) in [6, 6.07) is 15.7. The van der Waals surface area contributed by atoms with E-state index in [9.17, 15) is 9.59 Å². The zero-order chi connectivity index (χ0) is 18.8. The Morgan fingerprint density at radius 1 is 1.08 bits per heavy atom. The predicted molar refractivity (Wildman–Crippen MR) is 103 cm³/mol. The number of carbonyl (C=O) groups excluding carboxylic acids is 2. The van der Waals surface area contributed by atoms with Crippen molar-refractivity contribution in [2.24, 2.45) is 0 Å². The van der Waals surface area contributed by atoms with E-state index >= 15 is 0 Å². The van der Waals surface area contributed by atoms with E-state index in [0.717, 1.165) is 11.3 Å². The molecule has 0 saturated carbocycles. The van der Waals surface area contributed by atoms with Gasteiger partial charge < -0.3 is 14.8 Å². The third-order valence-corrected chi connectivity index (χ3v) is 4.42. The van der Waals surface area contributed by atoms with E-state index in [1.165, 1.54) is 7.11 Å². The van der Waals surface area contributed by atoms with Crippen LogP contribution in [0, 0.1) is 0 Å². The van der Waals surface area contributed by atoms with Crippen LogP contribution in [0.5, 0.6) is 5.75 Å². The molecule has 0 radical (unpaired) electrons. The number of benzene rings is 2. The molecule has 2 rings (SSSR count). The van der Waals surface area contributed by atoms with Gasteiger partial charge in [-0.2, -0.15) is 11.8 Å². The fourth-order valence-corrected chi connectivity index (χ4v) is 2.85. The van der Waals surface area contributed by atoms with Crippen molar-refractivity contribution in [2.75, 3.05) is 19.1 Å². The fourth-order valence-electron chi connectivity index (χ4n) is 2.38. The number of rotatable bonds is 9. The number of para-hydroxylation sites is 1. The highest BCUT2D eigenvalue weighted by atomic mass is 32.2. The van der Waals surface area contributed by atoms with Gasteiger partial charge in [0.1, 0.15) is 18.4 Å². The van der Waals surface area contributed by atoms with Crippen LogP contribution >= 0.6 is 11.8 Å². The topological polar surface area (TPSA) is 64.6 Å². The summed E-state index contributed by atoms with van der Waals surface area (Å²) in [4.78, 5) is 25.0. The summed E-state index contributed by atoms with van der Waals surface area (Å²) < 4.78 is 10.6. The summed E-state index contributed by atoms with van der Waals surface area (Å²) >= 11 is 1.61. The third-order valence-electron chi connectivity index (χ3n) is 3.78. The number of esters is 1. The van der Waals surface area contributed by atoms with E-state index in [0.29, 0.717) is 17.7 Å². The molecular weight excluding hydrogens is 350 g/mol. The Labute approximate surface area is 158 Å². The number of nitrogens with one attached hydrogen (secondary N) is 1. The van der Waals surface area contributed by atoms with Gasteiger partial charge in [0.15, 0.2) is 0 Å². The first kappa shape index (κ1) is 19.8. The van der Waals surface area contributed by atoms with Crippen LogP contribution < -0.4 is 10.1 Å². The van der Waals surface area contributed by atoms with Crippen LogP contribution in [0.25, 0.3) is 0 Å². The lowest BCUT2D eigenvalue weighted by Crippen LogP contribution is -2.42. The molecule has 26 heavy (non-hydrogen) atoms. The maximum absolute atomic E-state index is 12.6. The van der Waals surface area contributed by atoms with Crippen molar-refractivity contribution in [2.45, 2.75) is 19.1 Å². The first-order valence-electron chi connectivity index (χ1n) is 8.29. The standard InChI is InChI=1S/C20H23NO4S/c1-24-18-11-7-6-10-16(18)19(22)21-17(12-13-26-2)20(23)25-14-15-8-4-3-5-9-15/h3-11,17H,12-14H2,1-2H3,(H,21,22)/t17-/m1/s1. The molecule has 0 saturated heterocycles. The van der Waals surface area contributed by atoms with Crippen LogP contribution in [0.1, 0.15) is 22.3 Å². The number of amides is 1. The average Bonchev–Trinajstić information content (AvgIpc) is 2.69. The second-order valence-corrected chi connectivity index (χ2v) is 6.59. The molecule has 0 heterocycles. The molecule has 2 aromatic carbocycles. The molecule has 0 spiro atoms. The van der Waals surface area contributed by atoms with E-state index in [-0.39, 0.29) is 12.5 Å². The zero-order valence-corrected chi connectivity index (χ0v) is 15.8. The summed E-state index contributed by atoms with van der Waals surface area (Å²) in [5.41, 5.74) is 1.29. The average molecular weight is 373 g/mol. The van der Waals surface area contributed by atoms with Gasteiger partial charge in [-0.3, -0.25) is 4.79 Å². The number of hydrogen-bond donors (Lipinski definition) is 1.